The maximum absolute atomic E-state index is 5.90. The Balaban J connectivity index is 1.59. The Morgan fingerprint density at radius 2 is 2.47 bits per heavy atom. The van der Waals surface area contributed by atoms with Gasteiger partial charge in [0.15, 0.2) is 0 Å². The fraction of sp³-hybridized carbons (Fsp3) is 0.538. The van der Waals surface area contributed by atoms with Gasteiger partial charge in [-0.05, 0) is 12.5 Å². The van der Waals surface area contributed by atoms with Crippen LogP contribution in [0.3, 0.4) is 0 Å². The van der Waals surface area contributed by atoms with E-state index in [0.29, 0.717) is 0 Å². The van der Waals surface area contributed by atoms with E-state index in [1.165, 1.54) is 0 Å². The minimum absolute atomic E-state index is 0.199. The fourth-order valence-corrected chi connectivity index (χ4v) is 2.45. The molecule has 0 spiro atoms. The van der Waals surface area contributed by atoms with E-state index >= 15 is 0 Å². The first-order valence-corrected chi connectivity index (χ1v) is 6.69. The Morgan fingerprint density at radius 3 is 3.26 bits per heavy atom. The first-order valence-electron chi connectivity index (χ1n) is 6.69. The van der Waals surface area contributed by atoms with E-state index in [0.717, 1.165) is 44.9 Å². The molecule has 0 saturated carbocycles. The van der Waals surface area contributed by atoms with E-state index in [4.69, 9.17) is 4.74 Å². The van der Waals surface area contributed by atoms with E-state index in [1.54, 1.807) is 12.5 Å². The van der Waals surface area contributed by atoms with Gasteiger partial charge in [0.2, 0.25) is 0 Å². The number of aromatic amines is 1. The van der Waals surface area contributed by atoms with Crippen LogP contribution in [0.2, 0.25) is 0 Å². The molecule has 0 amide bonds. The zero-order valence-corrected chi connectivity index (χ0v) is 10.9. The minimum Gasteiger partial charge on any atom is -0.375 e. The third kappa shape index (κ3) is 3.42. The number of rotatable bonds is 4. The highest BCUT2D eigenvalue weighted by molar-refractivity contribution is 4.94. The standard InChI is InChI=1S/C13H19N5O/c1-3-16-18(5-1)10-13-9-17(4-2-6-19-13)8-12-7-14-11-15-12/h1,3,5,7,11,13H,2,4,6,8-10H2,(H,14,15). The van der Waals surface area contributed by atoms with Gasteiger partial charge in [0.1, 0.15) is 0 Å². The summed E-state index contributed by atoms with van der Waals surface area (Å²) in [7, 11) is 0. The molecule has 2 aromatic heterocycles. The molecular weight excluding hydrogens is 242 g/mol. The largest absolute Gasteiger partial charge is 0.375 e. The molecule has 1 fully saturated rings. The van der Waals surface area contributed by atoms with Gasteiger partial charge < -0.3 is 9.72 Å². The maximum Gasteiger partial charge on any atom is 0.0922 e. The molecule has 3 heterocycles. The van der Waals surface area contributed by atoms with Crippen molar-refractivity contribution in [1.82, 2.24) is 24.6 Å². The summed E-state index contributed by atoms with van der Waals surface area (Å²) >= 11 is 0. The van der Waals surface area contributed by atoms with Crippen LogP contribution in [0.5, 0.6) is 0 Å². The fourth-order valence-electron chi connectivity index (χ4n) is 2.45. The van der Waals surface area contributed by atoms with E-state index in [-0.39, 0.29) is 6.10 Å². The Kier molecular flexibility index (Phi) is 3.90. The second-order valence-corrected chi connectivity index (χ2v) is 4.89. The monoisotopic (exact) mass is 261 g/mol. The number of hydrogen-bond acceptors (Lipinski definition) is 4. The van der Waals surface area contributed by atoms with Gasteiger partial charge >= 0.3 is 0 Å². The quantitative estimate of drug-likeness (QED) is 0.888. The Morgan fingerprint density at radius 1 is 1.47 bits per heavy atom. The lowest BCUT2D eigenvalue weighted by molar-refractivity contribution is 0.0390. The van der Waals surface area contributed by atoms with Gasteiger partial charge in [-0.2, -0.15) is 5.10 Å². The van der Waals surface area contributed by atoms with Gasteiger partial charge in [-0.15, -0.1) is 0 Å². The highest BCUT2D eigenvalue weighted by Gasteiger charge is 2.19. The molecule has 6 heteroatoms. The molecule has 102 valence electrons. The minimum atomic E-state index is 0.199. The molecule has 1 unspecified atom stereocenters. The van der Waals surface area contributed by atoms with Crippen molar-refractivity contribution in [2.24, 2.45) is 0 Å². The number of imidazole rings is 1. The van der Waals surface area contributed by atoms with Gasteiger partial charge in [-0.25, -0.2) is 4.98 Å². The van der Waals surface area contributed by atoms with Crippen LogP contribution in [0.25, 0.3) is 0 Å². The van der Waals surface area contributed by atoms with E-state index in [1.807, 2.05) is 23.1 Å². The highest BCUT2D eigenvalue weighted by Crippen LogP contribution is 2.10. The topological polar surface area (TPSA) is 59.0 Å². The number of aromatic nitrogens is 4. The van der Waals surface area contributed by atoms with Crippen LogP contribution in [0.4, 0.5) is 0 Å². The van der Waals surface area contributed by atoms with Crippen molar-refractivity contribution < 1.29 is 4.74 Å². The van der Waals surface area contributed by atoms with Gasteiger partial charge in [0.05, 0.1) is 19.0 Å². The van der Waals surface area contributed by atoms with Crippen molar-refractivity contribution in [2.45, 2.75) is 25.6 Å². The highest BCUT2D eigenvalue weighted by atomic mass is 16.5. The van der Waals surface area contributed by atoms with Crippen molar-refractivity contribution >= 4 is 0 Å². The van der Waals surface area contributed by atoms with Gasteiger partial charge in [-0.3, -0.25) is 9.58 Å². The van der Waals surface area contributed by atoms with Crippen molar-refractivity contribution in [2.75, 3.05) is 19.7 Å². The van der Waals surface area contributed by atoms with E-state index in [9.17, 15) is 0 Å². The van der Waals surface area contributed by atoms with Crippen LogP contribution in [0, 0.1) is 0 Å². The smallest absolute Gasteiger partial charge is 0.0922 e. The summed E-state index contributed by atoms with van der Waals surface area (Å²) in [5.74, 6) is 0. The van der Waals surface area contributed by atoms with Crippen LogP contribution >= 0.6 is 0 Å². The predicted molar refractivity (Wildman–Crippen MR) is 70.4 cm³/mol. The maximum atomic E-state index is 5.90. The molecule has 1 N–H and O–H groups in total. The molecule has 1 aliphatic heterocycles. The lowest BCUT2D eigenvalue weighted by Gasteiger charge is -2.23. The van der Waals surface area contributed by atoms with Crippen LogP contribution in [0.15, 0.2) is 31.0 Å². The third-order valence-corrected chi connectivity index (χ3v) is 3.33. The van der Waals surface area contributed by atoms with Crippen molar-refractivity contribution in [3.8, 4) is 0 Å². The molecule has 1 aliphatic rings. The molecule has 1 atom stereocenters. The lowest BCUT2D eigenvalue weighted by Crippen LogP contribution is -2.34. The molecule has 6 nitrogen and oxygen atoms in total. The summed E-state index contributed by atoms with van der Waals surface area (Å²) in [6.45, 7) is 4.53. The van der Waals surface area contributed by atoms with Crippen LogP contribution < -0.4 is 0 Å². The Labute approximate surface area is 112 Å². The summed E-state index contributed by atoms with van der Waals surface area (Å²) in [6, 6.07) is 1.94. The average molecular weight is 261 g/mol. The SMILES string of the molecule is c1cnn(CC2CN(Cc3cnc[nH]3)CCCO2)c1. The molecule has 0 bridgehead atoms. The Hall–Kier alpha value is -1.66. The molecule has 2 aromatic rings. The second kappa shape index (κ2) is 5.99. The Bertz CT molecular complexity index is 423. The number of nitrogens with zero attached hydrogens (tertiary/aromatic N) is 4. The molecule has 0 aliphatic carbocycles. The molecule has 0 aromatic carbocycles. The zero-order chi connectivity index (χ0) is 12.9. The zero-order valence-electron chi connectivity index (χ0n) is 10.9. The molecule has 0 radical (unpaired) electrons. The number of hydrogen-bond donors (Lipinski definition) is 1. The van der Waals surface area contributed by atoms with Gasteiger partial charge in [-0.1, -0.05) is 0 Å². The van der Waals surface area contributed by atoms with E-state index in [2.05, 4.69) is 20.0 Å². The molecule has 3 rings (SSSR count). The summed E-state index contributed by atoms with van der Waals surface area (Å²) in [6.07, 6.45) is 8.67. The molecule has 19 heavy (non-hydrogen) atoms. The summed E-state index contributed by atoms with van der Waals surface area (Å²) in [4.78, 5) is 9.63. The summed E-state index contributed by atoms with van der Waals surface area (Å²) in [5, 5.41) is 4.24. The first-order chi connectivity index (χ1) is 9.40. The summed E-state index contributed by atoms with van der Waals surface area (Å²) < 4.78 is 7.83. The number of H-pyrrole nitrogens is 1. The molecular formula is C13H19N5O. The van der Waals surface area contributed by atoms with Gasteiger partial charge in [0, 0.05) is 50.5 Å². The van der Waals surface area contributed by atoms with Crippen LogP contribution in [0.1, 0.15) is 12.1 Å². The third-order valence-electron chi connectivity index (χ3n) is 3.33. The van der Waals surface area contributed by atoms with E-state index < -0.39 is 0 Å². The van der Waals surface area contributed by atoms with Gasteiger partial charge in [0.25, 0.3) is 0 Å². The summed E-state index contributed by atoms with van der Waals surface area (Å²) in [5.41, 5.74) is 1.15. The molecule has 1 saturated heterocycles. The van der Waals surface area contributed by atoms with Crippen molar-refractivity contribution in [3.05, 3.63) is 36.7 Å². The number of nitrogens with one attached hydrogen (secondary N) is 1. The van der Waals surface area contributed by atoms with Crippen LogP contribution in [-0.2, 0) is 17.8 Å². The first kappa shape index (κ1) is 12.4. The van der Waals surface area contributed by atoms with Crippen molar-refractivity contribution in [1.29, 1.82) is 0 Å². The average Bonchev–Trinajstić information content (AvgIpc) is 3.03. The predicted octanol–water partition coefficient (Wildman–Crippen LogP) is 0.897. The van der Waals surface area contributed by atoms with Crippen molar-refractivity contribution in [3.63, 3.8) is 0 Å². The second-order valence-electron chi connectivity index (χ2n) is 4.89. The lowest BCUT2D eigenvalue weighted by atomic mass is 10.3. The normalized spacial score (nSPS) is 21.4. The van der Waals surface area contributed by atoms with Crippen LogP contribution in [-0.4, -0.2) is 50.4 Å². The number of ether oxygens (including phenoxy) is 1.